The summed E-state index contributed by atoms with van der Waals surface area (Å²) in [5.41, 5.74) is 4.65. The third-order valence-corrected chi connectivity index (χ3v) is 8.82. The number of nitrogens with two attached hydrogens (primary N) is 1. The SMILES string of the molecule is COc1nc(N)nc2c1ncn2C1O[C@H](COP(=O)(N[C@@H](C)C(=O)OCC(C)(C)C)Oc2cccc3ncccc23)[C@@H](O)[C@@]1(C)O. The molecule has 0 spiro atoms. The predicted molar refractivity (Wildman–Crippen MR) is 166 cm³/mol. The van der Waals surface area contributed by atoms with Crippen molar-refractivity contribution in [2.24, 2.45) is 5.41 Å². The van der Waals surface area contributed by atoms with Gasteiger partial charge in [-0.05, 0) is 43.5 Å². The fourth-order valence-corrected chi connectivity index (χ4v) is 6.37. The van der Waals surface area contributed by atoms with Gasteiger partial charge in [0.1, 0.15) is 29.6 Å². The number of rotatable bonds is 11. The van der Waals surface area contributed by atoms with Crippen LogP contribution in [0.4, 0.5) is 5.95 Å². The Morgan fingerprint density at radius 1 is 1.24 bits per heavy atom. The van der Waals surface area contributed by atoms with Crippen LogP contribution in [0.25, 0.3) is 22.1 Å². The molecule has 46 heavy (non-hydrogen) atoms. The molecule has 1 aliphatic rings. The Labute approximate surface area is 264 Å². The van der Waals surface area contributed by atoms with E-state index in [-0.39, 0.29) is 40.8 Å². The molecule has 3 aromatic heterocycles. The summed E-state index contributed by atoms with van der Waals surface area (Å²) in [6.07, 6.45) is -1.06. The largest absolute Gasteiger partial charge is 0.479 e. The molecule has 2 unspecified atom stereocenters. The second kappa shape index (κ2) is 12.7. The average Bonchev–Trinajstić information content (AvgIpc) is 3.51. The first kappa shape index (κ1) is 33.4. The highest BCUT2D eigenvalue weighted by Gasteiger charge is 2.54. The maximum absolute atomic E-state index is 14.3. The number of imidazole rings is 1. The average molecular weight is 660 g/mol. The van der Waals surface area contributed by atoms with Gasteiger partial charge in [0.2, 0.25) is 11.8 Å². The standard InChI is InChI=1S/C29H38N7O9P/c1-16(25(38)42-14-28(2,3)4)35-46(40,45-19-11-7-10-18-17(19)9-8-12-31-18)43-13-20-22(37)29(5,39)26(44-20)36-15-32-21-23(36)33-27(30)34-24(21)41-6/h7-12,15-16,20,22,26,37,39H,13-14H2,1-6H3,(H,35,40)(H2,30,33,34)/t16-,20+,22+,26?,29+,46?/m0/s1. The molecule has 1 aromatic carbocycles. The second-order valence-corrected chi connectivity index (χ2v) is 14.0. The molecule has 0 radical (unpaired) electrons. The number of nitrogens with one attached hydrogen (secondary N) is 1. The molecule has 1 aliphatic heterocycles. The van der Waals surface area contributed by atoms with Gasteiger partial charge in [0, 0.05) is 11.6 Å². The molecular weight excluding hydrogens is 621 g/mol. The number of aliphatic hydroxyl groups excluding tert-OH is 1. The monoisotopic (exact) mass is 659 g/mol. The highest BCUT2D eigenvalue weighted by Crippen LogP contribution is 2.48. The maximum Gasteiger partial charge on any atom is 0.459 e. The second-order valence-electron chi connectivity index (χ2n) is 12.3. The number of aromatic nitrogens is 5. The number of carbonyl (C=O) groups is 1. The van der Waals surface area contributed by atoms with Gasteiger partial charge in [0.25, 0.3) is 0 Å². The molecular formula is C29H38N7O9P. The van der Waals surface area contributed by atoms with Crippen LogP contribution in [0.15, 0.2) is 42.9 Å². The summed E-state index contributed by atoms with van der Waals surface area (Å²) in [5.74, 6) is -0.495. The van der Waals surface area contributed by atoms with Gasteiger partial charge in [-0.3, -0.25) is 18.9 Å². The third-order valence-electron chi connectivity index (χ3n) is 7.19. The molecule has 248 valence electrons. The van der Waals surface area contributed by atoms with Gasteiger partial charge >= 0.3 is 13.7 Å². The zero-order chi connectivity index (χ0) is 33.4. The Kier molecular flexibility index (Phi) is 9.23. The number of hydrogen-bond donors (Lipinski definition) is 4. The van der Waals surface area contributed by atoms with E-state index < -0.39 is 50.4 Å². The van der Waals surface area contributed by atoms with Gasteiger partial charge in [-0.1, -0.05) is 26.8 Å². The number of nitrogens with zero attached hydrogens (tertiary/aromatic N) is 5. The minimum absolute atomic E-state index is 0.105. The van der Waals surface area contributed by atoms with Crippen molar-refractivity contribution >= 4 is 41.7 Å². The number of pyridine rings is 1. The third kappa shape index (κ3) is 6.92. The number of methoxy groups -OCH3 is 1. The zero-order valence-electron chi connectivity index (χ0n) is 26.3. The summed E-state index contributed by atoms with van der Waals surface area (Å²) in [6.45, 7) is 8.14. The van der Waals surface area contributed by atoms with Gasteiger partial charge in [0.05, 0.1) is 32.2 Å². The highest BCUT2D eigenvalue weighted by atomic mass is 31.2. The van der Waals surface area contributed by atoms with E-state index in [1.54, 1.807) is 36.5 Å². The smallest absolute Gasteiger partial charge is 0.459 e. The van der Waals surface area contributed by atoms with Gasteiger partial charge in [-0.15, -0.1) is 0 Å². The van der Waals surface area contributed by atoms with Crippen molar-refractivity contribution in [1.82, 2.24) is 29.6 Å². The molecule has 0 aliphatic carbocycles. The number of anilines is 1. The van der Waals surface area contributed by atoms with Crippen LogP contribution in [0.2, 0.25) is 0 Å². The van der Waals surface area contributed by atoms with E-state index in [1.165, 1.54) is 31.9 Å². The Bertz CT molecular complexity index is 1770. The number of hydrogen-bond acceptors (Lipinski definition) is 14. The van der Waals surface area contributed by atoms with Gasteiger partial charge in [0.15, 0.2) is 17.4 Å². The lowest BCUT2D eigenvalue weighted by Crippen LogP contribution is -2.44. The number of esters is 1. The number of fused-ring (bicyclic) bond motifs is 2. The summed E-state index contributed by atoms with van der Waals surface area (Å²) < 4.78 is 44.1. The van der Waals surface area contributed by atoms with Crippen molar-refractivity contribution in [3.63, 3.8) is 0 Å². The summed E-state index contributed by atoms with van der Waals surface area (Å²) >= 11 is 0. The normalized spacial score (nSPS) is 23.7. The van der Waals surface area contributed by atoms with Gasteiger partial charge in [-0.25, -0.2) is 9.55 Å². The fraction of sp³-hybridized carbons (Fsp3) is 0.483. The van der Waals surface area contributed by atoms with Crippen molar-refractivity contribution in [2.45, 2.75) is 64.7 Å². The van der Waals surface area contributed by atoms with Crippen molar-refractivity contribution < 1.29 is 42.8 Å². The molecule has 0 bridgehead atoms. The lowest BCUT2D eigenvalue weighted by atomic mass is 9.96. The van der Waals surface area contributed by atoms with Crippen LogP contribution in [0, 0.1) is 5.41 Å². The molecule has 1 saturated heterocycles. The lowest BCUT2D eigenvalue weighted by molar-refractivity contribution is -0.148. The highest BCUT2D eigenvalue weighted by molar-refractivity contribution is 7.52. The van der Waals surface area contributed by atoms with Crippen LogP contribution < -0.4 is 20.1 Å². The maximum atomic E-state index is 14.3. The van der Waals surface area contributed by atoms with Crippen LogP contribution >= 0.6 is 7.75 Å². The topological polar surface area (TPSA) is 215 Å². The molecule has 17 heteroatoms. The van der Waals surface area contributed by atoms with E-state index in [4.69, 9.17) is 29.0 Å². The molecule has 16 nitrogen and oxygen atoms in total. The summed E-state index contributed by atoms with van der Waals surface area (Å²) in [4.78, 5) is 29.6. The van der Waals surface area contributed by atoms with E-state index in [2.05, 4.69) is 25.0 Å². The van der Waals surface area contributed by atoms with Crippen molar-refractivity contribution in [3.05, 3.63) is 42.9 Å². The molecule has 0 saturated carbocycles. The predicted octanol–water partition coefficient (Wildman–Crippen LogP) is 2.75. The van der Waals surface area contributed by atoms with Crippen LogP contribution in [-0.2, 0) is 23.4 Å². The molecule has 0 amide bonds. The van der Waals surface area contributed by atoms with E-state index >= 15 is 0 Å². The summed E-state index contributed by atoms with van der Waals surface area (Å²) in [7, 11) is -3.00. The molecule has 6 atom stereocenters. The molecule has 1 fully saturated rings. The van der Waals surface area contributed by atoms with Crippen molar-refractivity contribution in [1.29, 1.82) is 0 Å². The molecule has 4 aromatic rings. The van der Waals surface area contributed by atoms with E-state index in [0.29, 0.717) is 10.9 Å². The Balaban J connectivity index is 1.40. The van der Waals surface area contributed by atoms with Crippen molar-refractivity contribution in [2.75, 3.05) is 26.1 Å². The minimum Gasteiger partial charge on any atom is -0.479 e. The summed E-state index contributed by atoms with van der Waals surface area (Å²) in [6, 6.07) is 7.31. The molecule has 5 rings (SSSR count). The number of ether oxygens (including phenoxy) is 3. The van der Waals surface area contributed by atoms with E-state index in [1.807, 2.05) is 20.8 Å². The molecule has 4 heterocycles. The summed E-state index contributed by atoms with van der Waals surface area (Å²) in [5, 5.41) is 25.7. The zero-order valence-corrected chi connectivity index (χ0v) is 27.2. The Morgan fingerprint density at radius 2 is 2.00 bits per heavy atom. The van der Waals surface area contributed by atoms with E-state index in [9.17, 15) is 19.6 Å². The van der Waals surface area contributed by atoms with Crippen molar-refractivity contribution in [3.8, 4) is 11.6 Å². The Morgan fingerprint density at radius 3 is 2.72 bits per heavy atom. The first-order chi connectivity index (χ1) is 21.6. The van der Waals surface area contributed by atoms with Gasteiger partial charge < -0.3 is 34.7 Å². The lowest BCUT2D eigenvalue weighted by Gasteiger charge is -2.27. The van der Waals surface area contributed by atoms with Crippen LogP contribution in [0.1, 0.15) is 40.8 Å². The number of carbonyl (C=O) groups excluding carboxylic acids is 1. The van der Waals surface area contributed by atoms with Crippen LogP contribution in [-0.4, -0.2) is 84.9 Å². The van der Waals surface area contributed by atoms with Crippen LogP contribution in [0.5, 0.6) is 11.6 Å². The number of benzene rings is 1. The van der Waals surface area contributed by atoms with Crippen LogP contribution in [0.3, 0.4) is 0 Å². The minimum atomic E-state index is -4.40. The quantitative estimate of drug-likeness (QED) is 0.134. The Hall–Kier alpha value is -3.92. The molecule has 5 N–H and O–H groups in total. The fourth-order valence-electron chi connectivity index (χ4n) is 4.85. The van der Waals surface area contributed by atoms with Gasteiger partial charge in [-0.2, -0.15) is 15.1 Å². The number of aliphatic hydroxyl groups is 2. The number of nitrogen functional groups attached to an aromatic ring is 1. The first-order valence-corrected chi connectivity index (χ1v) is 16.0. The first-order valence-electron chi connectivity index (χ1n) is 14.4. The van der Waals surface area contributed by atoms with E-state index in [0.717, 1.165) is 0 Å².